The van der Waals surface area contributed by atoms with E-state index in [1.54, 1.807) is 19.1 Å². The van der Waals surface area contributed by atoms with Crippen LogP contribution in [0.25, 0.3) is 39.3 Å². The number of carbonyl (C=O) groups is 3. The number of hydrogen-bond acceptors (Lipinski definition) is 6. The molecule has 0 saturated heterocycles. The number of carboxylic acid groups (broad SMARTS) is 3. The van der Waals surface area contributed by atoms with Crippen LogP contribution in [0.1, 0.15) is 100.0 Å². The second-order valence-electron chi connectivity index (χ2n) is 11.4. The van der Waals surface area contributed by atoms with E-state index in [-0.39, 0.29) is 154 Å². The number of nitrogens with one attached hydrogen (secondary N) is 2. The summed E-state index contributed by atoms with van der Waals surface area (Å²) in [6.45, 7) is 13.5. The van der Waals surface area contributed by atoms with Crippen LogP contribution >= 0.6 is 0 Å². The van der Waals surface area contributed by atoms with Crippen molar-refractivity contribution < 1.29 is 128 Å². The van der Waals surface area contributed by atoms with Crippen LogP contribution in [0.5, 0.6) is 0 Å². The normalized spacial score (nSPS) is 13.4. The van der Waals surface area contributed by atoms with Gasteiger partial charge in [0.2, 0.25) is 11.4 Å². The number of hydrogen-bond donors (Lipinski definition) is 0. The molecule has 0 amide bonds. The van der Waals surface area contributed by atoms with Crippen LogP contribution in [0, 0.1) is 20.8 Å². The number of aromatic amines is 2. The van der Waals surface area contributed by atoms with Crippen LogP contribution in [-0.4, -0.2) is 41.0 Å². The number of aryl methyl sites for hydroxylation is 3. The van der Waals surface area contributed by atoms with Crippen LogP contribution in [0.4, 0.5) is 0 Å². The molecule has 1 atom stereocenters. The average Bonchev–Trinajstić information content (AvgIpc) is 3.68. The number of aliphatic carboxylic acids is 2. The maximum atomic E-state index is 12.5. The molecule has 5 heterocycles. The molecule has 0 unspecified atom stereocenters. The minimum absolute atomic E-state index is 0. The SMILES string of the molecule is C=Cc1c(C)c2[n-]c1cc1[nH+]c(cc3[n-]c(c(CC(=O)[O-])c4[nH+]c(c2C)[C@H](CCC(=O)[O-])C4)c(C(=O)[O-])c3C)C(CC)=C1C.[Mg+2].[Na+].[Na+].[Na+]. The molecule has 14 heteroatoms. The molecule has 2 N–H and O–H groups in total. The van der Waals surface area contributed by atoms with E-state index < -0.39 is 24.3 Å². The van der Waals surface area contributed by atoms with Gasteiger partial charge in [-0.15, -0.1) is 22.1 Å². The van der Waals surface area contributed by atoms with Crippen molar-refractivity contribution >= 4 is 80.2 Å². The molecule has 0 saturated carbocycles. The number of aromatic nitrogens is 4. The van der Waals surface area contributed by atoms with Gasteiger partial charge in [0, 0.05) is 47.1 Å². The third-order valence-electron chi connectivity index (χ3n) is 8.84. The monoisotopic (exact) mass is 686 g/mol. The molecule has 0 aromatic carbocycles. The van der Waals surface area contributed by atoms with Crippen molar-refractivity contribution in [2.24, 2.45) is 0 Å². The van der Waals surface area contributed by atoms with Crippen molar-refractivity contribution in [2.75, 3.05) is 0 Å². The van der Waals surface area contributed by atoms with E-state index in [0.29, 0.717) is 39.9 Å². The number of rotatable bonds is 8. The van der Waals surface area contributed by atoms with Gasteiger partial charge in [-0.3, -0.25) is 0 Å². The minimum atomic E-state index is -1.48. The van der Waals surface area contributed by atoms with E-state index in [0.717, 1.165) is 39.2 Å². The Balaban J connectivity index is 0.00000288. The van der Waals surface area contributed by atoms with Gasteiger partial charge in [0.25, 0.3) is 0 Å². The van der Waals surface area contributed by atoms with Crippen LogP contribution < -0.4 is 124 Å². The van der Waals surface area contributed by atoms with E-state index in [2.05, 4.69) is 21.5 Å². The second-order valence-corrected chi connectivity index (χ2v) is 11.4. The Kier molecular flexibility index (Phi) is 17.1. The Hall–Kier alpha value is -1.22. The summed E-state index contributed by atoms with van der Waals surface area (Å²) in [6.07, 6.45) is 2.05. The van der Waals surface area contributed by atoms with Crippen molar-refractivity contribution in [1.82, 2.24) is 9.97 Å². The smallest absolute Gasteiger partial charge is 0.657 e. The zero-order valence-electron chi connectivity index (χ0n) is 29.1. The van der Waals surface area contributed by atoms with Crippen LogP contribution in [0.15, 0.2) is 18.7 Å². The fourth-order valence-corrected chi connectivity index (χ4v) is 6.57. The molecule has 8 bridgehead atoms. The van der Waals surface area contributed by atoms with Gasteiger partial charge in [0.05, 0.1) is 11.9 Å². The van der Waals surface area contributed by atoms with E-state index in [1.165, 1.54) is 0 Å². The summed E-state index contributed by atoms with van der Waals surface area (Å²) in [7, 11) is 0. The number of carboxylic acids is 3. The molecule has 3 aromatic rings. The number of fused-ring (bicyclic) bond motifs is 8. The number of aromatic carboxylic acids is 1. The number of carbonyl (C=O) groups excluding carboxylic acids is 3. The molecular formula is C34H33MgN4Na3O6+2. The fourth-order valence-electron chi connectivity index (χ4n) is 6.57. The van der Waals surface area contributed by atoms with Gasteiger partial charge >= 0.3 is 112 Å². The topological polar surface area (TPSA) is 177 Å². The molecule has 228 valence electrons. The third-order valence-corrected chi connectivity index (χ3v) is 8.84. The summed E-state index contributed by atoms with van der Waals surface area (Å²) >= 11 is 0. The van der Waals surface area contributed by atoms with Gasteiger partial charge in [-0.05, 0) is 70.2 Å². The van der Waals surface area contributed by atoms with Gasteiger partial charge in [-0.25, -0.2) is 9.97 Å². The molecule has 2 aliphatic heterocycles. The van der Waals surface area contributed by atoms with Crippen molar-refractivity contribution in [3.63, 3.8) is 0 Å². The maximum Gasteiger partial charge on any atom is 2.00 e. The summed E-state index contributed by atoms with van der Waals surface area (Å²) in [4.78, 5) is 52.5. The third kappa shape index (κ3) is 8.62. The average molecular weight is 687 g/mol. The van der Waals surface area contributed by atoms with Gasteiger partial charge in [-0.1, -0.05) is 30.7 Å². The molecule has 48 heavy (non-hydrogen) atoms. The van der Waals surface area contributed by atoms with Crippen molar-refractivity contribution in [2.45, 2.75) is 72.6 Å². The van der Waals surface area contributed by atoms with Gasteiger partial charge in [-0.2, -0.15) is 0 Å². The molecule has 0 spiro atoms. The zero-order chi connectivity index (χ0) is 32.0. The Morgan fingerprint density at radius 3 is 2.08 bits per heavy atom. The first-order valence-electron chi connectivity index (χ1n) is 14.6. The Morgan fingerprint density at radius 2 is 1.52 bits per heavy atom. The summed E-state index contributed by atoms with van der Waals surface area (Å²) in [6, 6.07) is 3.73. The second kappa shape index (κ2) is 18.3. The Bertz CT molecular complexity index is 1980. The maximum absolute atomic E-state index is 12.5. The van der Waals surface area contributed by atoms with Crippen molar-refractivity contribution in [1.29, 1.82) is 0 Å². The van der Waals surface area contributed by atoms with Gasteiger partial charge < -0.3 is 39.7 Å². The minimum Gasteiger partial charge on any atom is -0.657 e. The van der Waals surface area contributed by atoms with E-state index >= 15 is 0 Å². The standard InChI is InChI=1S/C34H36N4O6.Mg.3Na/c1-7-20-15(3)23-13-27-21(8-2)16(4)31(37-27)18(6)32-19(9-10-28(39)40)11-25(38-32)22(12-29(41)42)33-30(34(43)44)17(5)24(36-33)14-26(20)35-23;;;;/h8,13-14,19H,2,7,9-12H2,1,3-6H3,(H5,35,36,37,38,39,40,41,42,43,44);;;;/q;+2;3*+1/p-3/t19-;;;;/m1..../s1. The molecule has 0 fully saturated rings. The molecule has 10 nitrogen and oxygen atoms in total. The number of allylic oxidation sites excluding steroid dienone is 2. The van der Waals surface area contributed by atoms with Gasteiger partial charge in [0.1, 0.15) is 0 Å². The van der Waals surface area contributed by atoms with Crippen LogP contribution in [0.2, 0.25) is 0 Å². The summed E-state index contributed by atoms with van der Waals surface area (Å²) in [5.74, 6) is -4.46. The summed E-state index contributed by atoms with van der Waals surface area (Å²) in [5.41, 5.74) is 9.22. The molecule has 0 aliphatic carbocycles. The van der Waals surface area contributed by atoms with E-state index in [4.69, 9.17) is 4.98 Å². The van der Waals surface area contributed by atoms with E-state index in [9.17, 15) is 29.7 Å². The quantitative estimate of drug-likeness (QED) is 0.210. The first-order valence-corrected chi connectivity index (χ1v) is 14.6. The molecule has 2 aliphatic rings. The predicted molar refractivity (Wildman–Crippen MR) is 163 cm³/mol. The van der Waals surface area contributed by atoms with Crippen LogP contribution in [0.3, 0.4) is 0 Å². The van der Waals surface area contributed by atoms with Crippen LogP contribution in [-0.2, 0) is 22.4 Å². The molecule has 3 aromatic heterocycles. The largest absolute Gasteiger partial charge is 2.00 e. The Morgan fingerprint density at radius 1 is 0.896 bits per heavy atom. The van der Waals surface area contributed by atoms with E-state index in [1.807, 2.05) is 33.8 Å². The number of nitrogens with zero attached hydrogens (tertiary/aromatic N) is 2. The Labute approximate surface area is 361 Å². The summed E-state index contributed by atoms with van der Waals surface area (Å²) < 4.78 is 0. The molecule has 0 radical (unpaired) electrons. The number of H-pyrrole nitrogens is 2. The van der Waals surface area contributed by atoms with Crippen molar-refractivity contribution in [3.8, 4) is 0 Å². The fraction of sp³-hybridized carbons (Fsp3) is 0.324. The molecular weight excluding hydrogens is 654 g/mol. The molecule has 5 rings (SSSR count). The summed E-state index contributed by atoms with van der Waals surface area (Å²) in [5, 5.41) is 36.0. The van der Waals surface area contributed by atoms with Crippen molar-refractivity contribution in [3.05, 3.63) is 74.9 Å². The first kappa shape index (κ1) is 44.8. The first-order chi connectivity index (χ1) is 20.9. The zero-order valence-corrected chi connectivity index (χ0v) is 36.5. The van der Waals surface area contributed by atoms with Gasteiger partial charge in [0.15, 0.2) is 11.4 Å². The predicted octanol–water partition coefficient (Wildman–Crippen LogP) is -8.54.